The molecule has 0 fully saturated rings. The average Bonchev–Trinajstić information content (AvgIpc) is 3.11. The molecule has 0 aliphatic carbocycles. The number of amides is 1. The number of carbonyl (C=O) groups is 1. The third-order valence-electron chi connectivity index (χ3n) is 4.69. The number of aromatic nitrogens is 4. The summed E-state index contributed by atoms with van der Waals surface area (Å²) in [7, 11) is 0. The van der Waals surface area contributed by atoms with Crippen molar-refractivity contribution in [2.24, 2.45) is 0 Å². The number of nitrogens with zero attached hydrogens (tertiary/aromatic N) is 5. The molecule has 3 aromatic rings. The Morgan fingerprint density at radius 2 is 1.78 bits per heavy atom. The van der Waals surface area contributed by atoms with E-state index in [1.54, 1.807) is 10.9 Å². The van der Waals surface area contributed by atoms with Crippen LogP contribution in [0.3, 0.4) is 0 Å². The van der Waals surface area contributed by atoms with Crippen LogP contribution in [0.15, 0.2) is 36.8 Å². The summed E-state index contributed by atoms with van der Waals surface area (Å²) in [6, 6.07) is 8.28. The molecule has 0 atom stereocenters. The van der Waals surface area contributed by atoms with Gasteiger partial charge in [-0.15, -0.1) is 0 Å². The molecule has 2 heterocycles. The van der Waals surface area contributed by atoms with Crippen LogP contribution >= 0.6 is 0 Å². The molecule has 2 aromatic heterocycles. The number of anilines is 1. The standard InChI is InChI=1S/C20H26N6O/c1-4-15-7-9-16(10-8-15)11-21-18(27)13-26-20-17(12-24-26)19(22-14-23-20)25(5-2)6-3/h7-10,12,14H,4-6,11,13H2,1-3H3,(H,21,27). The first-order valence-electron chi connectivity index (χ1n) is 9.42. The van der Waals surface area contributed by atoms with Gasteiger partial charge in [-0.1, -0.05) is 31.2 Å². The summed E-state index contributed by atoms with van der Waals surface area (Å²) in [5.41, 5.74) is 3.04. The molecule has 1 N–H and O–H groups in total. The van der Waals surface area contributed by atoms with Crippen molar-refractivity contribution < 1.29 is 4.79 Å². The fraction of sp³-hybridized carbons (Fsp3) is 0.400. The van der Waals surface area contributed by atoms with Crippen LogP contribution in [0.4, 0.5) is 5.82 Å². The summed E-state index contributed by atoms with van der Waals surface area (Å²) < 4.78 is 1.62. The average molecular weight is 366 g/mol. The normalized spacial score (nSPS) is 10.9. The molecule has 0 unspecified atom stereocenters. The second-order valence-corrected chi connectivity index (χ2v) is 6.36. The van der Waals surface area contributed by atoms with E-state index in [0.717, 1.165) is 36.3 Å². The lowest BCUT2D eigenvalue weighted by molar-refractivity contribution is -0.121. The molecule has 0 saturated heterocycles. The van der Waals surface area contributed by atoms with Crippen LogP contribution in [0.2, 0.25) is 0 Å². The Morgan fingerprint density at radius 1 is 1.07 bits per heavy atom. The molecule has 0 aliphatic heterocycles. The number of nitrogens with one attached hydrogen (secondary N) is 1. The number of hydrogen-bond acceptors (Lipinski definition) is 5. The topological polar surface area (TPSA) is 75.9 Å². The molecule has 0 spiro atoms. The minimum Gasteiger partial charge on any atom is -0.356 e. The Bertz CT molecular complexity index is 898. The van der Waals surface area contributed by atoms with Gasteiger partial charge in [0.15, 0.2) is 5.65 Å². The lowest BCUT2D eigenvalue weighted by atomic mass is 10.1. The lowest BCUT2D eigenvalue weighted by Crippen LogP contribution is -2.27. The van der Waals surface area contributed by atoms with Crippen molar-refractivity contribution in [1.82, 2.24) is 25.1 Å². The maximum absolute atomic E-state index is 12.4. The number of fused-ring (bicyclic) bond motifs is 1. The summed E-state index contributed by atoms with van der Waals surface area (Å²) in [4.78, 5) is 23.2. The van der Waals surface area contributed by atoms with E-state index in [1.807, 2.05) is 12.1 Å². The molecular weight excluding hydrogens is 340 g/mol. The zero-order chi connectivity index (χ0) is 19.2. The van der Waals surface area contributed by atoms with E-state index in [-0.39, 0.29) is 12.5 Å². The first-order chi connectivity index (χ1) is 13.2. The van der Waals surface area contributed by atoms with Crippen molar-refractivity contribution in [2.45, 2.75) is 40.3 Å². The van der Waals surface area contributed by atoms with Gasteiger partial charge >= 0.3 is 0 Å². The molecule has 7 nitrogen and oxygen atoms in total. The van der Waals surface area contributed by atoms with Gasteiger partial charge in [0.05, 0.1) is 11.6 Å². The monoisotopic (exact) mass is 366 g/mol. The van der Waals surface area contributed by atoms with Crippen LogP contribution in [-0.2, 0) is 24.3 Å². The van der Waals surface area contributed by atoms with Crippen molar-refractivity contribution in [3.05, 3.63) is 47.9 Å². The summed E-state index contributed by atoms with van der Waals surface area (Å²) in [5.74, 6) is 0.759. The largest absolute Gasteiger partial charge is 0.356 e. The zero-order valence-electron chi connectivity index (χ0n) is 16.1. The van der Waals surface area contributed by atoms with Gasteiger partial charge in [-0.05, 0) is 31.4 Å². The van der Waals surface area contributed by atoms with Gasteiger partial charge in [-0.25, -0.2) is 14.6 Å². The number of benzene rings is 1. The summed E-state index contributed by atoms with van der Waals surface area (Å²) in [6.45, 7) is 8.63. The van der Waals surface area contributed by atoms with Gasteiger partial charge in [0, 0.05) is 19.6 Å². The van der Waals surface area contributed by atoms with Gasteiger partial charge in [0.2, 0.25) is 5.91 Å². The van der Waals surface area contributed by atoms with Crippen LogP contribution in [0.1, 0.15) is 31.9 Å². The molecule has 0 saturated carbocycles. The third-order valence-corrected chi connectivity index (χ3v) is 4.69. The lowest BCUT2D eigenvalue weighted by Gasteiger charge is -2.19. The first-order valence-corrected chi connectivity index (χ1v) is 9.42. The maximum Gasteiger partial charge on any atom is 0.242 e. The Morgan fingerprint density at radius 3 is 2.44 bits per heavy atom. The predicted molar refractivity (Wildman–Crippen MR) is 107 cm³/mol. The summed E-state index contributed by atoms with van der Waals surface area (Å²) in [6.07, 6.45) is 4.28. The fourth-order valence-corrected chi connectivity index (χ4v) is 3.06. The van der Waals surface area contributed by atoms with E-state index >= 15 is 0 Å². The number of carbonyl (C=O) groups excluding carboxylic acids is 1. The van der Waals surface area contributed by atoms with Crippen LogP contribution < -0.4 is 10.2 Å². The van der Waals surface area contributed by atoms with Crippen LogP contribution in [0, 0.1) is 0 Å². The Labute approximate surface area is 159 Å². The highest BCUT2D eigenvalue weighted by Gasteiger charge is 2.15. The molecule has 7 heteroatoms. The van der Waals surface area contributed by atoms with Crippen LogP contribution in [0.5, 0.6) is 0 Å². The molecule has 0 bridgehead atoms. The summed E-state index contributed by atoms with van der Waals surface area (Å²) in [5, 5.41) is 8.16. The Balaban J connectivity index is 1.68. The smallest absolute Gasteiger partial charge is 0.242 e. The van der Waals surface area contributed by atoms with Crippen molar-refractivity contribution in [3.8, 4) is 0 Å². The molecule has 142 valence electrons. The second kappa shape index (κ2) is 8.62. The van der Waals surface area contributed by atoms with E-state index in [2.05, 4.69) is 58.2 Å². The highest BCUT2D eigenvalue weighted by atomic mass is 16.2. The quantitative estimate of drug-likeness (QED) is 0.663. The fourth-order valence-electron chi connectivity index (χ4n) is 3.06. The zero-order valence-corrected chi connectivity index (χ0v) is 16.1. The number of rotatable bonds is 8. The van der Waals surface area contributed by atoms with E-state index in [1.165, 1.54) is 11.9 Å². The molecule has 0 aliphatic rings. The highest BCUT2D eigenvalue weighted by Crippen LogP contribution is 2.22. The Kier molecular flexibility index (Phi) is 6.01. The van der Waals surface area contributed by atoms with E-state index in [9.17, 15) is 4.79 Å². The van der Waals surface area contributed by atoms with E-state index < -0.39 is 0 Å². The second-order valence-electron chi connectivity index (χ2n) is 6.36. The van der Waals surface area contributed by atoms with Crippen molar-refractivity contribution >= 4 is 22.8 Å². The summed E-state index contributed by atoms with van der Waals surface area (Å²) >= 11 is 0. The molecule has 0 radical (unpaired) electrons. The molecule has 27 heavy (non-hydrogen) atoms. The van der Waals surface area contributed by atoms with Gasteiger partial charge in [-0.3, -0.25) is 4.79 Å². The number of hydrogen-bond donors (Lipinski definition) is 1. The van der Waals surface area contributed by atoms with Gasteiger partial charge in [0.25, 0.3) is 0 Å². The maximum atomic E-state index is 12.4. The predicted octanol–water partition coefficient (Wildman–Crippen LogP) is 2.55. The minimum absolute atomic E-state index is 0.0948. The molecular formula is C20H26N6O. The van der Waals surface area contributed by atoms with Crippen LogP contribution in [0.25, 0.3) is 11.0 Å². The third kappa shape index (κ3) is 4.24. The van der Waals surface area contributed by atoms with Crippen molar-refractivity contribution in [3.63, 3.8) is 0 Å². The molecule has 1 aromatic carbocycles. The van der Waals surface area contributed by atoms with E-state index in [0.29, 0.717) is 12.2 Å². The van der Waals surface area contributed by atoms with Gasteiger partial charge < -0.3 is 10.2 Å². The van der Waals surface area contributed by atoms with E-state index in [4.69, 9.17) is 0 Å². The highest BCUT2D eigenvalue weighted by molar-refractivity contribution is 5.87. The van der Waals surface area contributed by atoms with Gasteiger partial charge in [-0.2, -0.15) is 5.10 Å². The first kappa shape index (κ1) is 18.8. The van der Waals surface area contributed by atoms with Gasteiger partial charge in [0.1, 0.15) is 18.7 Å². The molecule has 1 amide bonds. The van der Waals surface area contributed by atoms with Crippen molar-refractivity contribution in [2.75, 3.05) is 18.0 Å². The van der Waals surface area contributed by atoms with Crippen molar-refractivity contribution in [1.29, 1.82) is 0 Å². The Hall–Kier alpha value is -2.96. The number of aryl methyl sites for hydroxylation is 1. The molecule has 3 rings (SSSR count). The van der Waals surface area contributed by atoms with Crippen LogP contribution in [-0.4, -0.2) is 38.7 Å². The minimum atomic E-state index is -0.0948. The SMILES string of the molecule is CCc1ccc(CNC(=O)Cn2ncc3c(N(CC)CC)ncnc32)cc1.